The minimum atomic E-state index is -0.553. The second-order valence-electron chi connectivity index (χ2n) is 9.36. The number of hydrogen-bond donors (Lipinski definition) is 0. The van der Waals surface area contributed by atoms with Crippen LogP contribution >= 0.6 is 0 Å². The summed E-state index contributed by atoms with van der Waals surface area (Å²) in [5, 5.41) is 8.40. The van der Waals surface area contributed by atoms with Crippen LogP contribution in [0, 0.1) is 0 Å². The van der Waals surface area contributed by atoms with Gasteiger partial charge in [-0.1, -0.05) is 48.5 Å². The van der Waals surface area contributed by atoms with Gasteiger partial charge in [-0.2, -0.15) is 5.10 Å². The molecular formula is C31H29N3O4. The molecule has 0 fully saturated rings. The molecule has 1 atom stereocenters. The van der Waals surface area contributed by atoms with Gasteiger partial charge in [0.1, 0.15) is 5.75 Å². The van der Waals surface area contributed by atoms with E-state index in [0.717, 1.165) is 39.0 Å². The maximum atomic E-state index is 13.3. The molecule has 0 radical (unpaired) electrons. The number of amides is 1. The summed E-state index contributed by atoms with van der Waals surface area (Å²) in [6.07, 6.45) is 0.538. The van der Waals surface area contributed by atoms with E-state index in [9.17, 15) is 9.59 Å². The van der Waals surface area contributed by atoms with Crippen molar-refractivity contribution in [1.29, 1.82) is 0 Å². The summed E-state index contributed by atoms with van der Waals surface area (Å²) < 4.78 is 10.7. The summed E-state index contributed by atoms with van der Waals surface area (Å²) in [5.41, 5.74) is 4.03. The Morgan fingerprint density at radius 3 is 2.32 bits per heavy atom. The van der Waals surface area contributed by atoms with E-state index in [0.29, 0.717) is 12.0 Å². The maximum Gasteiger partial charge on any atom is 0.338 e. The molecule has 38 heavy (non-hydrogen) atoms. The van der Waals surface area contributed by atoms with Crippen LogP contribution in [-0.4, -0.2) is 50.4 Å². The molecule has 192 valence electrons. The van der Waals surface area contributed by atoms with E-state index >= 15 is 0 Å². The summed E-state index contributed by atoms with van der Waals surface area (Å²) in [6.45, 7) is -0.407. The van der Waals surface area contributed by atoms with Crippen LogP contribution in [0.25, 0.3) is 10.8 Å². The molecule has 1 aliphatic rings. The second-order valence-corrected chi connectivity index (χ2v) is 9.36. The molecule has 0 N–H and O–H groups in total. The van der Waals surface area contributed by atoms with Crippen LogP contribution in [0.3, 0.4) is 0 Å². The second kappa shape index (κ2) is 10.8. The maximum absolute atomic E-state index is 13.3. The van der Waals surface area contributed by atoms with Crippen LogP contribution in [-0.2, 0) is 9.53 Å². The van der Waals surface area contributed by atoms with Crippen molar-refractivity contribution in [2.24, 2.45) is 5.10 Å². The summed E-state index contributed by atoms with van der Waals surface area (Å²) in [7, 11) is 5.46. The van der Waals surface area contributed by atoms with Gasteiger partial charge in [0, 0.05) is 26.2 Å². The van der Waals surface area contributed by atoms with Crippen LogP contribution in [0.2, 0.25) is 0 Å². The Kier molecular flexibility index (Phi) is 7.09. The fourth-order valence-corrected chi connectivity index (χ4v) is 4.54. The number of anilines is 1. The van der Waals surface area contributed by atoms with Crippen molar-refractivity contribution in [2.45, 2.75) is 12.5 Å². The smallest absolute Gasteiger partial charge is 0.338 e. The topological polar surface area (TPSA) is 71.4 Å². The predicted octanol–water partition coefficient (Wildman–Crippen LogP) is 5.45. The first kappa shape index (κ1) is 25.0. The average Bonchev–Trinajstić information content (AvgIpc) is 3.41. The number of benzene rings is 4. The van der Waals surface area contributed by atoms with Crippen molar-refractivity contribution >= 4 is 34.0 Å². The molecule has 0 aliphatic carbocycles. The van der Waals surface area contributed by atoms with E-state index in [4.69, 9.17) is 14.6 Å². The summed E-state index contributed by atoms with van der Waals surface area (Å²) in [4.78, 5) is 27.9. The molecule has 7 nitrogen and oxygen atoms in total. The molecule has 4 aromatic carbocycles. The van der Waals surface area contributed by atoms with Crippen molar-refractivity contribution in [2.75, 3.05) is 32.7 Å². The van der Waals surface area contributed by atoms with Crippen molar-refractivity contribution in [3.63, 3.8) is 0 Å². The zero-order chi connectivity index (χ0) is 26.6. The quantitative estimate of drug-likeness (QED) is 0.311. The minimum absolute atomic E-state index is 0.326. The zero-order valence-electron chi connectivity index (χ0n) is 21.6. The summed E-state index contributed by atoms with van der Waals surface area (Å²) in [6, 6.07) is 28.6. The number of carbonyl (C=O) groups is 2. The van der Waals surface area contributed by atoms with Gasteiger partial charge < -0.3 is 14.4 Å². The minimum Gasteiger partial charge on any atom is -0.497 e. The third kappa shape index (κ3) is 5.22. The Bertz CT molecular complexity index is 1490. The summed E-state index contributed by atoms with van der Waals surface area (Å²) >= 11 is 0. The van der Waals surface area contributed by atoms with E-state index in [1.165, 1.54) is 5.01 Å². The van der Waals surface area contributed by atoms with Gasteiger partial charge in [-0.3, -0.25) is 4.79 Å². The average molecular weight is 508 g/mol. The largest absolute Gasteiger partial charge is 0.497 e. The molecule has 5 rings (SSSR count). The number of methoxy groups -OCH3 is 1. The molecule has 1 heterocycles. The number of hydrogen-bond acceptors (Lipinski definition) is 6. The number of rotatable bonds is 7. The first-order valence-electron chi connectivity index (χ1n) is 12.4. The Morgan fingerprint density at radius 2 is 1.63 bits per heavy atom. The zero-order valence-corrected chi connectivity index (χ0v) is 21.6. The molecule has 4 aromatic rings. The van der Waals surface area contributed by atoms with Gasteiger partial charge >= 0.3 is 5.97 Å². The Hall–Kier alpha value is -4.65. The molecule has 0 bridgehead atoms. The fraction of sp³-hybridized carbons (Fsp3) is 0.194. The normalized spacial score (nSPS) is 14.8. The van der Waals surface area contributed by atoms with Gasteiger partial charge in [0.05, 0.1) is 24.4 Å². The molecule has 0 saturated heterocycles. The van der Waals surface area contributed by atoms with Gasteiger partial charge in [-0.05, 0) is 64.4 Å². The predicted molar refractivity (Wildman–Crippen MR) is 149 cm³/mol. The van der Waals surface area contributed by atoms with Crippen LogP contribution in [0.15, 0.2) is 96.1 Å². The SMILES string of the molecule is COc1ccc(C2CC(c3ccc4ccccc4c3)=NN2C(=O)COC(=O)c2ccc(N(C)C)cc2)cc1. The van der Waals surface area contributed by atoms with Crippen molar-refractivity contribution in [3.8, 4) is 5.75 Å². The molecule has 1 amide bonds. The molecule has 1 unspecified atom stereocenters. The van der Waals surface area contributed by atoms with E-state index in [-0.39, 0.29) is 11.9 Å². The molecular weight excluding hydrogens is 478 g/mol. The molecule has 0 aromatic heterocycles. The Balaban J connectivity index is 1.37. The fourth-order valence-electron chi connectivity index (χ4n) is 4.54. The Morgan fingerprint density at radius 1 is 0.921 bits per heavy atom. The van der Waals surface area contributed by atoms with Crippen molar-refractivity contribution < 1.29 is 19.1 Å². The molecule has 1 aliphatic heterocycles. The van der Waals surface area contributed by atoms with Crippen LogP contribution < -0.4 is 9.64 Å². The van der Waals surface area contributed by atoms with Gasteiger partial charge in [-0.15, -0.1) is 0 Å². The lowest BCUT2D eigenvalue weighted by Crippen LogP contribution is -2.31. The van der Waals surface area contributed by atoms with Crippen LogP contribution in [0.1, 0.15) is 33.9 Å². The number of ether oxygens (including phenoxy) is 2. The van der Waals surface area contributed by atoms with E-state index in [1.54, 1.807) is 19.2 Å². The van der Waals surface area contributed by atoms with E-state index < -0.39 is 12.6 Å². The molecule has 0 spiro atoms. The van der Waals surface area contributed by atoms with Gasteiger partial charge in [0.2, 0.25) is 0 Å². The third-order valence-electron chi connectivity index (χ3n) is 6.70. The first-order chi connectivity index (χ1) is 18.4. The standard InChI is InChI=1S/C31H29N3O4/c1-33(2)26-14-10-23(11-15-26)31(36)38-20-30(35)34-29(22-12-16-27(37-3)17-13-22)19-28(32-34)25-9-8-21-6-4-5-7-24(21)18-25/h4-18,29H,19-20H2,1-3H3. The van der Waals surface area contributed by atoms with E-state index in [1.807, 2.05) is 73.6 Å². The van der Waals surface area contributed by atoms with E-state index in [2.05, 4.69) is 24.3 Å². The number of fused-ring (bicyclic) bond motifs is 1. The monoisotopic (exact) mass is 507 g/mol. The highest BCUT2D eigenvalue weighted by Gasteiger charge is 2.33. The highest BCUT2D eigenvalue weighted by molar-refractivity contribution is 6.05. The lowest BCUT2D eigenvalue weighted by molar-refractivity contribution is -0.136. The van der Waals surface area contributed by atoms with Crippen molar-refractivity contribution in [3.05, 3.63) is 108 Å². The van der Waals surface area contributed by atoms with Crippen molar-refractivity contribution in [1.82, 2.24) is 5.01 Å². The number of hydrazone groups is 1. The first-order valence-corrected chi connectivity index (χ1v) is 12.4. The van der Waals surface area contributed by atoms with Gasteiger partial charge in [0.25, 0.3) is 5.91 Å². The lowest BCUT2D eigenvalue weighted by atomic mass is 9.97. The van der Waals surface area contributed by atoms with Crippen LogP contribution in [0.5, 0.6) is 5.75 Å². The molecule has 7 heteroatoms. The number of esters is 1. The lowest BCUT2D eigenvalue weighted by Gasteiger charge is -2.22. The highest BCUT2D eigenvalue weighted by Crippen LogP contribution is 2.34. The van der Waals surface area contributed by atoms with Gasteiger partial charge in [-0.25, -0.2) is 9.80 Å². The Labute approximate surface area is 221 Å². The van der Waals surface area contributed by atoms with Gasteiger partial charge in [0.15, 0.2) is 6.61 Å². The molecule has 0 saturated carbocycles. The number of nitrogens with zero attached hydrogens (tertiary/aromatic N) is 3. The summed E-state index contributed by atoms with van der Waals surface area (Å²) in [5.74, 6) is -0.211. The third-order valence-corrected chi connectivity index (χ3v) is 6.70. The highest BCUT2D eigenvalue weighted by atomic mass is 16.5. The van der Waals surface area contributed by atoms with Crippen LogP contribution in [0.4, 0.5) is 5.69 Å². The number of carbonyl (C=O) groups excluding carboxylic acids is 2.